The number of hydrazone groups is 1. The third-order valence-corrected chi connectivity index (χ3v) is 6.30. The van der Waals surface area contributed by atoms with Crippen LogP contribution in [0, 0.1) is 5.82 Å². The van der Waals surface area contributed by atoms with Crippen molar-refractivity contribution in [1.82, 2.24) is 15.4 Å². The summed E-state index contributed by atoms with van der Waals surface area (Å²) in [6.07, 6.45) is 2.78. The minimum atomic E-state index is -0.627. The molecule has 0 radical (unpaired) electrons. The molecule has 0 aliphatic carbocycles. The molecule has 0 aliphatic rings. The number of methoxy groups -OCH3 is 1. The predicted octanol–water partition coefficient (Wildman–Crippen LogP) is 6.56. The Kier molecular flexibility index (Phi) is 7.87. The third kappa shape index (κ3) is 5.83. The number of urea groups is 1. The minimum absolute atomic E-state index is 0.0355. The normalized spacial score (nSPS) is 11.0. The van der Waals surface area contributed by atoms with Gasteiger partial charge in [-0.1, -0.05) is 11.6 Å². The Morgan fingerprint density at radius 1 is 1.17 bits per heavy atom. The van der Waals surface area contributed by atoms with Crippen molar-refractivity contribution in [1.29, 1.82) is 0 Å². The number of rotatable bonds is 6. The minimum Gasteiger partial charge on any atom is -0.506 e. The first kappa shape index (κ1) is 25.6. The van der Waals surface area contributed by atoms with E-state index in [1.807, 2.05) is 0 Å². The number of nitrogens with one attached hydrogen (secondary N) is 3. The van der Waals surface area contributed by atoms with Gasteiger partial charge in [-0.15, -0.1) is 0 Å². The van der Waals surface area contributed by atoms with Gasteiger partial charge in [-0.05, 0) is 73.8 Å². The molecule has 2 amide bonds. The van der Waals surface area contributed by atoms with Gasteiger partial charge in [-0.2, -0.15) is 5.10 Å². The summed E-state index contributed by atoms with van der Waals surface area (Å²) in [4.78, 5) is 21.0. The lowest BCUT2D eigenvalue weighted by atomic mass is 10.2. The molecule has 4 aromatic rings. The molecule has 0 atom stereocenters. The average Bonchev–Trinajstić information content (AvgIpc) is 2.84. The predicted molar refractivity (Wildman–Crippen MR) is 144 cm³/mol. The number of phenolic OH excluding ortho intramolecular Hbond substituents is 1. The van der Waals surface area contributed by atoms with E-state index >= 15 is 0 Å². The Labute approximate surface area is 226 Å². The van der Waals surface area contributed by atoms with Crippen LogP contribution in [0.25, 0.3) is 10.9 Å². The second kappa shape index (κ2) is 11.1. The Morgan fingerprint density at radius 3 is 2.61 bits per heavy atom. The Balaban J connectivity index is 1.56. The average molecular weight is 639 g/mol. The van der Waals surface area contributed by atoms with Crippen molar-refractivity contribution in [3.05, 3.63) is 74.1 Å². The largest absolute Gasteiger partial charge is 0.506 e. The maximum atomic E-state index is 13.5. The quantitative estimate of drug-likeness (QED) is 0.140. The molecule has 1 aromatic heterocycles. The third-order valence-electron chi connectivity index (χ3n) is 4.81. The molecule has 9 nitrogen and oxygen atoms in total. The molecule has 0 saturated heterocycles. The van der Waals surface area contributed by atoms with E-state index in [0.29, 0.717) is 48.4 Å². The summed E-state index contributed by atoms with van der Waals surface area (Å²) < 4.78 is 19.9. The molecule has 13 heteroatoms. The van der Waals surface area contributed by atoms with Gasteiger partial charge in [-0.25, -0.2) is 24.6 Å². The maximum Gasteiger partial charge on any atom is 0.339 e. The van der Waals surface area contributed by atoms with Crippen molar-refractivity contribution >= 4 is 83.8 Å². The molecular formula is C23H16Br2ClFN6O3. The molecule has 0 fully saturated rings. The van der Waals surface area contributed by atoms with Crippen LogP contribution in [0.2, 0.25) is 5.02 Å². The summed E-state index contributed by atoms with van der Waals surface area (Å²) in [5.74, 6) is 0.296. The first-order chi connectivity index (χ1) is 17.2. The van der Waals surface area contributed by atoms with Gasteiger partial charge < -0.3 is 20.5 Å². The summed E-state index contributed by atoms with van der Waals surface area (Å²) in [6, 6.07) is 10.1. The number of hydrogen-bond donors (Lipinski definition) is 4. The van der Waals surface area contributed by atoms with Crippen LogP contribution in [0.5, 0.6) is 11.5 Å². The number of hydrogen-bond acceptors (Lipinski definition) is 7. The SMILES string of the molecule is COc1cc2ncnc(Nc3ccc(F)c(Cl)c3)c2cc1NC(=O)N/N=C/c1cc(Br)c(O)c(Br)c1. The molecule has 4 N–H and O–H groups in total. The Morgan fingerprint density at radius 2 is 1.92 bits per heavy atom. The molecule has 4 rings (SSSR count). The molecular weight excluding hydrogens is 623 g/mol. The molecule has 1 heterocycles. The zero-order valence-corrected chi connectivity index (χ0v) is 22.2. The van der Waals surface area contributed by atoms with Crippen LogP contribution in [0.3, 0.4) is 0 Å². The number of ether oxygens (including phenoxy) is 1. The van der Waals surface area contributed by atoms with Gasteiger partial charge in [0.25, 0.3) is 0 Å². The van der Waals surface area contributed by atoms with Crippen LogP contribution >= 0.6 is 43.5 Å². The molecule has 0 aliphatic heterocycles. The van der Waals surface area contributed by atoms with E-state index in [9.17, 15) is 14.3 Å². The number of anilines is 3. The lowest BCUT2D eigenvalue weighted by molar-refractivity contribution is 0.252. The Bertz CT molecular complexity index is 1480. The molecule has 0 unspecified atom stereocenters. The highest BCUT2D eigenvalue weighted by Crippen LogP contribution is 2.34. The molecule has 0 saturated carbocycles. The van der Waals surface area contributed by atoms with Crippen LogP contribution in [0.1, 0.15) is 5.56 Å². The van der Waals surface area contributed by atoms with E-state index in [-0.39, 0.29) is 10.8 Å². The number of fused-ring (bicyclic) bond motifs is 1. The van der Waals surface area contributed by atoms with Gasteiger partial charge in [0.05, 0.1) is 38.5 Å². The number of phenols is 1. The molecule has 184 valence electrons. The molecule has 36 heavy (non-hydrogen) atoms. The lowest BCUT2D eigenvalue weighted by Crippen LogP contribution is -2.24. The number of carbonyl (C=O) groups is 1. The van der Waals surface area contributed by atoms with Crippen molar-refractivity contribution in [3.8, 4) is 11.5 Å². The van der Waals surface area contributed by atoms with Crippen LogP contribution in [-0.4, -0.2) is 34.4 Å². The van der Waals surface area contributed by atoms with Crippen LogP contribution in [0.4, 0.5) is 26.4 Å². The van der Waals surface area contributed by atoms with E-state index in [2.05, 4.69) is 63.0 Å². The lowest BCUT2D eigenvalue weighted by Gasteiger charge is -2.13. The van der Waals surface area contributed by atoms with Gasteiger partial charge in [0.15, 0.2) is 0 Å². The van der Waals surface area contributed by atoms with Crippen molar-refractivity contribution in [2.45, 2.75) is 0 Å². The van der Waals surface area contributed by atoms with E-state index in [1.165, 1.54) is 37.9 Å². The summed E-state index contributed by atoms with van der Waals surface area (Å²) in [5, 5.41) is 20.0. The van der Waals surface area contributed by atoms with Crippen molar-refractivity contribution in [2.24, 2.45) is 5.10 Å². The van der Waals surface area contributed by atoms with E-state index in [4.69, 9.17) is 16.3 Å². The molecule has 0 spiro atoms. The standard InChI is InChI=1S/C23H16Br2ClFN6O3/c1-36-20-8-18-13(22(29-10-28-18)31-12-2-3-17(27)16(26)6-12)7-19(20)32-23(35)33-30-9-11-4-14(24)21(34)15(25)5-11/h2-10,34H,1H3,(H,28,29,31)(H2,32,33,35)/b30-9+. The number of benzene rings is 3. The fourth-order valence-corrected chi connectivity index (χ4v) is 4.54. The fourth-order valence-electron chi connectivity index (χ4n) is 3.14. The van der Waals surface area contributed by atoms with Crippen LogP contribution in [0.15, 0.2) is 62.8 Å². The number of amides is 2. The van der Waals surface area contributed by atoms with Gasteiger partial charge in [0, 0.05) is 17.1 Å². The van der Waals surface area contributed by atoms with Gasteiger partial charge in [0.1, 0.15) is 29.5 Å². The van der Waals surface area contributed by atoms with Gasteiger partial charge in [0.2, 0.25) is 0 Å². The summed E-state index contributed by atoms with van der Waals surface area (Å²) >= 11 is 12.4. The number of nitrogens with zero attached hydrogens (tertiary/aromatic N) is 3. The number of aromatic hydroxyl groups is 1. The second-order valence-electron chi connectivity index (χ2n) is 7.20. The van der Waals surface area contributed by atoms with Gasteiger partial charge >= 0.3 is 6.03 Å². The van der Waals surface area contributed by atoms with Crippen LogP contribution < -0.4 is 20.8 Å². The highest BCUT2D eigenvalue weighted by molar-refractivity contribution is 9.11. The zero-order valence-electron chi connectivity index (χ0n) is 18.3. The first-order valence-electron chi connectivity index (χ1n) is 10.1. The number of aromatic nitrogens is 2. The van der Waals surface area contributed by atoms with Crippen LogP contribution in [-0.2, 0) is 0 Å². The fraction of sp³-hybridized carbons (Fsp3) is 0.0435. The molecule has 0 bridgehead atoms. The van der Waals surface area contributed by atoms with Crippen molar-refractivity contribution in [3.63, 3.8) is 0 Å². The number of halogens is 4. The summed E-state index contributed by atoms with van der Waals surface area (Å²) in [5.41, 5.74) is 4.40. The van der Waals surface area contributed by atoms with Crippen molar-refractivity contribution < 1.29 is 19.0 Å². The van der Waals surface area contributed by atoms with Gasteiger partial charge in [-0.3, -0.25) is 0 Å². The summed E-state index contributed by atoms with van der Waals surface area (Å²) in [7, 11) is 1.46. The van der Waals surface area contributed by atoms with Crippen molar-refractivity contribution in [2.75, 3.05) is 17.7 Å². The number of carbonyl (C=O) groups excluding carboxylic acids is 1. The molecule has 3 aromatic carbocycles. The highest BCUT2D eigenvalue weighted by atomic mass is 79.9. The summed E-state index contributed by atoms with van der Waals surface area (Å²) in [6.45, 7) is 0. The first-order valence-corrected chi connectivity index (χ1v) is 12.0. The maximum absolute atomic E-state index is 13.5. The van der Waals surface area contributed by atoms with E-state index < -0.39 is 11.8 Å². The second-order valence-corrected chi connectivity index (χ2v) is 9.32. The monoisotopic (exact) mass is 636 g/mol. The zero-order chi connectivity index (χ0) is 25.8. The highest BCUT2D eigenvalue weighted by Gasteiger charge is 2.13. The topological polar surface area (TPSA) is 121 Å². The van der Waals surface area contributed by atoms with E-state index in [1.54, 1.807) is 24.3 Å². The Hall–Kier alpha value is -3.48. The smallest absolute Gasteiger partial charge is 0.339 e. The van der Waals surface area contributed by atoms with E-state index in [0.717, 1.165) is 0 Å².